The number of ketones is 1. The van der Waals surface area contributed by atoms with E-state index in [-0.39, 0.29) is 23.5 Å². The van der Waals surface area contributed by atoms with Gasteiger partial charge in [0.25, 0.3) is 0 Å². The third-order valence-electron chi connectivity index (χ3n) is 6.04. The molecule has 2 heterocycles. The topological polar surface area (TPSA) is 90.0 Å². The highest BCUT2D eigenvalue weighted by atomic mass is 16.2. The molecule has 8 nitrogen and oxygen atoms in total. The fourth-order valence-electron chi connectivity index (χ4n) is 3.03. The van der Waals surface area contributed by atoms with Crippen LogP contribution < -0.4 is 5.32 Å². The Labute approximate surface area is 244 Å². The second-order valence-electron chi connectivity index (χ2n) is 9.80. The fourth-order valence-corrected chi connectivity index (χ4v) is 3.03. The summed E-state index contributed by atoms with van der Waals surface area (Å²) in [6.45, 7) is 16.1. The monoisotopic (exact) mass is 560 g/mol. The molecule has 0 aromatic carbocycles. The van der Waals surface area contributed by atoms with Gasteiger partial charge in [-0.2, -0.15) is 0 Å². The van der Waals surface area contributed by atoms with Crippen LogP contribution in [-0.4, -0.2) is 92.1 Å². The van der Waals surface area contributed by atoms with E-state index in [9.17, 15) is 19.2 Å². The molecule has 2 rings (SSSR count). The normalized spacial score (nSPS) is 14.2. The standard InChI is InChI=1S/C11H19NO.C9H15NO.C7H14N2O.C5H8O/c1-3-5-6-7-11(13)12-8-10(4-2)9-12;1-2-3-4-6-9(11)10-7-5-8-10;1-8-6-4-5-7(10)9(2)3;1-3-5(6)4-2/h6-7,10H,3-5,8-9H2,1-2H3;4,6H,2-3,5,7-8H2,1H3;4-5,8H,6H2,1-3H3;3H,1,4H2,2H3/b7-6+;6-4+;5-4+;. The number of allylic oxidation sites excluding steroid dienone is 3. The molecule has 0 saturated carbocycles. The number of likely N-dealkylation sites (tertiary alicyclic amines) is 2. The van der Waals surface area contributed by atoms with E-state index in [1.807, 2.05) is 35.9 Å². The Morgan fingerprint density at radius 1 is 0.850 bits per heavy atom. The van der Waals surface area contributed by atoms with Gasteiger partial charge in [0.05, 0.1) is 0 Å². The van der Waals surface area contributed by atoms with Crippen LogP contribution in [0.4, 0.5) is 0 Å². The molecule has 0 bridgehead atoms. The van der Waals surface area contributed by atoms with Crippen LogP contribution in [0.1, 0.15) is 72.6 Å². The highest BCUT2D eigenvalue weighted by molar-refractivity contribution is 5.89. The van der Waals surface area contributed by atoms with Crippen LogP contribution in [0, 0.1) is 5.92 Å². The smallest absolute Gasteiger partial charge is 0.246 e. The molecule has 0 spiro atoms. The summed E-state index contributed by atoms with van der Waals surface area (Å²) in [5, 5.41) is 2.90. The molecule has 2 aliphatic rings. The summed E-state index contributed by atoms with van der Waals surface area (Å²) in [6.07, 6.45) is 19.2. The van der Waals surface area contributed by atoms with Crippen LogP contribution in [0.3, 0.4) is 0 Å². The summed E-state index contributed by atoms with van der Waals surface area (Å²) >= 11 is 0. The van der Waals surface area contributed by atoms with Crippen molar-refractivity contribution in [3.05, 3.63) is 49.1 Å². The largest absolute Gasteiger partial charge is 0.345 e. The molecule has 228 valence electrons. The van der Waals surface area contributed by atoms with Crippen molar-refractivity contribution in [2.75, 3.05) is 53.9 Å². The molecule has 2 saturated heterocycles. The number of carbonyl (C=O) groups excluding carboxylic acids is 4. The minimum absolute atomic E-state index is 0.0234. The van der Waals surface area contributed by atoms with Gasteiger partial charge in [0.1, 0.15) is 0 Å². The van der Waals surface area contributed by atoms with Gasteiger partial charge in [0.15, 0.2) is 5.78 Å². The van der Waals surface area contributed by atoms with Crippen molar-refractivity contribution in [2.45, 2.75) is 72.6 Å². The molecule has 1 N–H and O–H groups in total. The predicted octanol–water partition coefficient (Wildman–Crippen LogP) is 4.79. The maximum Gasteiger partial charge on any atom is 0.246 e. The summed E-state index contributed by atoms with van der Waals surface area (Å²) in [5.41, 5.74) is 0. The van der Waals surface area contributed by atoms with E-state index in [1.54, 1.807) is 38.4 Å². The Morgan fingerprint density at radius 3 is 1.70 bits per heavy atom. The Bertz CT molecular complexity index is 808. The van der Waals surface area contributed by atoms with Crippen molar-refractivity contribution < 1.29 is 19.2 Å². The number of rotatable bonds is 12. The van der Waals surface area contributed by atoms with Crippen LogP contribution >= 0.6 is 0 Å². The molecule has 3 amide bonds. The Balaban J connectivity index is 0. The fraction of sp³-hybridized carbons (Fsp3) is 0.625. The first-order valence-corrected chi connectivity index (χ1v) is 14.7. The zero-order chi connectivity index (χ0) is 30.8. The molecule has 0 radical (unpaired) electrons. The molecular formula is C32H56N4O4. The molecule has 0 unspecified atom stereocenters. The second-order valence-corrected chi connectivity index (χ2v) is 9.80. The molecule has 2 aliphatic heterocycles. The highest BCUT2D eigenvalue weighted by Crippen LogP contribution is 2.18. The van der Waals surface area contributed by atoms with Crippen molar-refractivity contribution in [3.8, 4) is 0 Å². The number of likely N-dealkylation sites (N-methyl/N-ethyl adjacent to an activating group) is 2. The molecule has 40 heavy (non-hydrogen) atoms. The number of amides is 3. The Hall–Kier alpha value is -3.00. The van der Waals surface area contributed by atoms with Gasteiger partial charge in [-0.25, -0.2) is 0 Å². The van der Waals surface area contributed by atoms with E-state index in [1.165, 1.54) is 23.8 Å². The number of hydrogen-bond acceptors (Lipinski definition) is 5. The van der Waals surface area contributed by atoms with Crippen molar-refractivity contribution in [1.82, 2.24) is 20.0 Å². The van der Waals surface area contributed by atoms with Gasteiger partial charge in [-0.3, -0.25) is 19.2 Å². The van der Waals surface area contributed by atoms with E-state index in [0.717, 1.165) is 64.3 Å². The van der Waals surface area contributed by atoms with Crippen molar-refractivity contribution in [2.24, 2.45) is 5.92 Å². The molecule has 0 aromatic heterocycles. The van der Waals surface area contributed by atoms with Gasteiger partial charge in [-0.1, -0.05) is 65.3 Å². The second kappa shape index (κ2) is 26.2. The van der Waals surface area contributed by atoms with E-state index in [0.29, 0.717) is 6.42 Å². The first kappa shape index (κ1) is 39.1. The first-order valence-electron chi connectivity index (χ1n) is 14.7. The SMILES string of the molecule is C=CC(=O)CC.CCC/C=C/C(=O)N1CC(CC)C1.CCC/C=C/C(=O)N1CCC1.CNC/C=C/C(=O)N(C)C. The summed E-state index contributed by atoms with van der Waals surface area (Å²) in [4.78, 5) is 48.7. The van der Waals surface area contributed by atoms with Crippen LogP contribution in [0.5, 0.6) is 0 Å². The lowest BCUT2D eigenvalue weighted by Crippen LogP contribution is -2.49. The average molecular weight is 561 g/mol. The third-order valence-corrected chi connectivity index (χ3v) is 6.04. The molecule has 2 fully saturated rings. The van der Waals surface area contributed by atoms with Gasteiger partial charge in [-0.15, -0.1) is 0 Å². The highest BCUT2D eigenvalue weighted by Gasteiger charge is 2.27. The molecular weight excluding hydrogens is 504 g/mol. The molecule has 0 atom stereocenters. The maximum atomic E-state index is 11.4. The van der Waals surface area contributed by atoms with E-state index >= 15 is 0 Å². The average Bonchev–Trinajstić information content (AvgIpc) is 2.88. The van der Waals surface area contributed by atoms with E-state index in [4.69, 9.17) is 0 Å². The van der Waals surface area contributed by atoms with Gasteiger partial charge < -0.3 is 20.0 Å². The number of nitrogens with zero attached hydrogens (tertiary/aromatic N) is 3. The predicted molar refractivity (Wildman–Crippen MR) is 167 cm³/mol. The third kappa shape index (κ3) is 20.9. The quantitative estimate of drug-likeness (QED) is 0.347. The molecule has 0 aromatic rings. The minimum atomic E-state index is 0.0234. The number of hydrogen-bond donors (Lipinski definition) is 1. The zero-order valence-electron chi connectivity index (χ0n) is 26.3. The van der Waals surface area contributed by atoms with Crippen molar-refractivity contribution in [1.29, 1.82) is 0 Å². The van der Waals surface area contributed by atoms with Crippen LogP contribution in [0.2, 0.25) is 0 Å². The van der Waals surface area contributed by atoms with Crippen molar-refractivity contribution in [3.63, 3.8) is 0 Å². The van der Waals surface area contributed by atoms with Crippen LogP contribution in [-0.2, 0) is 19.2 Å². The number of nitrogens with one attached hydrogen (secondary N) is 1. The lowest BCUT2D eigenvalue weighted by atomic mass is 9.97. The summed E-state index contributed by atoms with van der Waals surface area (Å²) in [6, 6.07) is 0. The summed E-state index contributed by atoms with van der Waals surface area (Å²) in [7, 11) is 5.29. The van der Waals surface area contributed by atoms with Crippen LogP contribution in [0.25, 0.3) is 0 Å². The van der Waals surface area contributed by atoms with Crippen LogP contribution in [0.15, 0.2) is 49.1 Å². The molecule has 8 heteroatoms. The number of unbranched alkanes of at least 4 members (excludes halogenated alkanes) is 2. The lowest BCUT2D eigenvalue weighted by Gasteiger charge is -2.38. The molecule has 0 aliphatic carbocycles. The minimum Gasteiger partial charge on any atom is -0.345 e. The van der Waals surface area contributed by atoms with Gasteiger partial charge >= 0.3 is 0 Å². The maximum absolute atomic E-state index is 11.4. The van der Waals surface area contributed by atoms with E-state index < -0.39 is 0 Å². The summed E-state index contributed by atoms with van der Waals surface area (Å²) < 4.78 is 0. The van der Waals surface area contributed by atoms with E-state index in [2.05, 4.69) is 32.7 Å². The summed E-state index contributed by atoms with van der Waals surface area (Å²) in [5.74, 6) is 1.26. The Morgan fingerprint density at radius 2 is 1.38 bits per heavy atom. The van der Waals surface area contributed by atoms with Crippen molar-refractivity contribution >= 4 is 23.5 Å². The van der Waals surface area contributed by atoms with Gasteiger partial charge in [0, 0.05) is 59.3 Å². The zero-order valence-corrected chi connectivity index (χ0v) is 26.3. The number of carbonyl (C=O) groups is 4. The Kier molecular flexibility index (Phi) is 25.7. The van der Waals surface area contributed by atoms with Gasteiger partial charge in [-0.05, 0) is 56.9 Å². The van der Waals surface area contributed by atoms with Gasteiger partial charge in [0.2, 0.25) is 17.7 Å². The first-order chi connectivity index (χ1) is 19.1. The lowest BCUT2D eigenvalue weighted by molar-refractivity contribution is -0.132.